The van der Waals surface area contributed by atoms with Crippen LogP contribution in [0.15, 0.2) is 0 Å². The summed E-state index contributed by atoms with van der Waals surface area (Å²) in [6.07, 6.45) is 5.54. The zero-order valence-corrected chi connectivity index (χ0v) is 10.1. The maximum Gasteiger partial charge on any atom is 0.0594 e. The van der Waals surface area contributed by atoms with Crippen LogP contribution in [-0.4, -0.2) is 30.8 Å². The van der Waals surface area contributed by atoms with E-state index in [-0.39, 0.29) is 12.6 Å². The average molecular weight is 214 g/mol. The topological polar surface area (TPSA) is 58.3 Å². The minimum absolute atomic E-state index is 0.0663. The third-order valence-corrected chi connectivity index (χ3v) is 3.68. The summed E-state index contributed by atoms with van der Waals surface area (Å²) < 4.78 is 0. The molecule has 0 aromatic rings. The summed E-state index contributed by atoms with van der Waals surface area (Å²) >= 11 is 0. The number of hydrogen-bond donors (Lipinski definition) is 3. The number of nitrogens with one attached hydrogen (secondary N) is 1. The van der Waals surface area contributed by atoms with Crippen LogP contribution >= 0.6 is 0 Å². The SMILES string of the molecule is CC(C)(CNCC(N)CO)C1CCCC1. The molecule has 0 aromatic carbocycles. The molecule has 0 amide bonds. The smallest absolute Gasteiger partial charge is 0.0594 e. The Kier molecular flexibility index (Phi) is 5.03. The highest BCUT2D eigenvalue weighted by atomic mass is 16.3. The maximum atomic E-state index is 8.81. The van der Waals surface area contributed by atoms with Gasteiger partial charge in [0.1, 0.15) is 0 Å². The van der Waals surface area contributed by atoms with Crippen LogP contribution in [0.5, 0.6) is 0 Å². The van der Waals surface area contributed by atoms with Crippen LogP contribution in [0.2, 0.25) is 0 Å². The molecule has 15 heavy (non-hydrogen) atoms. The quantitative estimate of drug-likeness (QED) is 0.621. The van der Waals surface area contributed by atoms with E-state index < -0.39 is 0 Å². The molecule has 1 saturated carbocycles. The van der Waals surface area contributed by atoms with E-state index in [1.807, 2.05) is 0 Å². The van der Waals surface area contributed by atoms with Gasteiger partial charge in [-0.3, -0.25) is 0 Å². The predicted molar refractivity (Wildman–Crippen MR) is 63.7 cm³/mol. The molecular weight excluding hydrogens is 188 g/mol. The fourth-order valence-corrected chi connectivity index (χ4v) is 2.50. The van der Waals surface area contributed by atoms with Crippen molar-refractivity contribution in [1.82, 2.24) is 5.32 Å². The lowest BCUT2D eigenvalue weighted by Gasteiger charge is -2.32. The van der Waals surface area contributed by atoms with E-state index in [9.17, 15) is 0 Å². The van der Waals surface area contributed by atoms with E-state index in [0.717, 1.165) is 12.5 Å². The third-order valence-electron chi connectivity index (χ3n) is 3.68. The molecule has 1 aliphatic carbocycles. The van der Waals surface area contributed by atoms with E-state index in [1.165, 1.54) is 25.7 Å². The standard InChI is InChI=1S/C12H26N2O/c1-12(2,10-5-3-4-6-10)9-14-7-11(13)8-15/h10-11,14-15H,3-9,13H2,1-2H3. The van der Waals surface area contributed by atoms with Crippen molar-refractivity contribution < 1.29 is 5.11 Å². The maximum absolute atomic E-state index is 8.81. The number of hydrogen-bond acceptors (Lipinski definition) is 3. The molecule has 3 nitrogen and oxygen atoms in total. The van der Waals surface area contributed by atoms with Crippen molar-refractivity contribution >= 4 is 0 Å². The van der Waals surface area contributed by atoms with Gasteiger partial charge in [0.15, 0.2) is 0 Å². The molecule has 3 heteroatoms. The summed E-state index contributed by atoms with van der Waals surface area (Å²) in [6, 6.07) is -0.121. The van der Waals surface area contributed by atoms with Crippen LogP contribution in [0.3, 0.4) is 0 Å². The fourth-order valence-electron chi connectivity index (χ4n) is 2.50. The highest BCUT2D eigenvalue weighted by molar-refractivity contribution is 4.84. The van der Waals surface area contributed by atoms with Gasteiger partial charge in [0, 0.05) is 19.1 Å². The van der Waals surface area contributed by atoms with Gasteiger partial charge in [0.25, 0.3) is 0 Å². The predicted octanol–water partition coefficient (Wildman–Crippen LogP) is 1.11. The molecule has 0 spiro atoms. The second kappa shape index (κ2) is 5.83. The first-order chi connectivity index (χ1) is 7.06. The molecular formula is C12H26N2O. The summed E-state index contributed by atoms with van der Waals surface area (Å²) in [6.45, 7) is 6.45. The Morgan fingerprint density at radius 1 is 1.40 bits per heavy atom. The first-order valence-electron chi connectivity index (χ1n) is 6.13. The molecule has 0 saturated heterocycles. The Morgan fingerprint density at radius 2 is 2.00 bits per heavy atom. The van der Waals surface area contributed by atoms with Gasteiger partial charge in [0.05, 0.1) is 6.61 Å². The third kappa shape index (κ3) is 4.09. The second-order valence-electron chi connectivity index (χ2n) is 5.54. The molecule has 0 aliphatic heterocycles. The van der Waals surface area contributed by atoms with Crippen LogP contribution in [0.1, 0.15) is 39.5 Å². The minimum atomic E-state index is -0.121. The number of rotatable bonds is 6. The fraction of sp³-hybridized carbons (Fsp3) is 1.00. The van der Waals surface area contributed by atoms with Crippen LogP contribution in [-0.2, 0) is 0 Å². The Labute approximate surface area is 93.4 Å². The van der Waals surface area contributed by atoms with Gasteiger partial charge < -0.3 is 16.2 Å². The van der Waals surface area contributed by atoms with Gasteiger partial charge in [-0.05, 0) is 24.2 Å². The van der Waals surface area contributed by atoms with E-state index in [1.54, 1.807) is 0 Å². The average Bonchev–Trinajstić information content (AvgIpc) is 2.70. The second-order valence-corrected chi connectivity index (χ2v) is 5.54. The Hall–Kier alpha value is -0.120. The zero-order valence-electron chi connectivity index (χ0n) is 10.1. The summed E-state index contributed by atoms with van der Waals surface area (Å²) in [4.78, 5) is 0. The molecule has 1 rings (SSSR count). The first-order valence-corrected chi connectivity index (χ1v) is 6.13. The highest BCUT2D eigenvalue weighted by Crippen LogP contribution is 2.38. The van der Waals surface area contributed by atoms with Crippen molar-refractivity contribution in [1.29, 1.82) is 0 Å². The van der Waals surface area contributed by atoms with Crippen LogP contribution in [0.25, 0.3) is 0 Å². The van der Waals surface area contributed by atoms with Crippen molar-refractivity contribution in [3.05, 3.63) is 0 Å². The van der Waals surface area contributed by atoms with Gasteiger partial charge in [-0.2, -0.15) is 0 Å². The normalized spacial score (nSPS) is 20.8. The summed E-state index contributed by atoms with van der Waals surface area (Å²) in [5.74, 6) is 0.857. The molecule has 1 aliphatic rings. The molecule has 4 N–H and O–H groups in total. The zero-order chi connectivity index (χ0) is 11.3. The van der Waals surface area contributed by atoms with Crippen molar-refractivity contribution in [2.75, 3.05) is 19.7 Å². The molecule has 0 aromatic heterocycles. The molecule has 0 radical (unpaired) electrons. The van der Waals surface area contributed by atoms with E-state index in [2.05, 4.69) is 19.2 Å². The van der Waals surface area contributed by atoms with E-state index in [0.29, 0.717) is 12.0 Å². The van der Waals surface area contributed by atoms with Crippen LogP contribution in [0, 0.1) is 11.3 Å². The lowest BCUT2D eigenvalue weighted by atomic mass is 9.78. The Balaban J connectivity index is 2.23. The van der Waals surface area contributed by atoms with Crippen molar-refractivity contribution in [2.45, 2.75) is 45.6 Å². The van der Waals surface area contributed by atoms with Gasteiger partial charge in [0.2, 0.25) is 0 Å². The minimum Gasteiger partial charge on any atom is -0.395 e. The van der Waals surface area contributed by atoms with E-state index >= 15 is 0 Å². The van der Waals surface area contributed by atoms with Gasteiger partial charge in [-0.1, -0.05) is 26.7 Å². The molecule has 0 bridgehead atoms. The number of aliphatic hydroxyl groups excluding tert-OH is 1. The molecule has 0 heterocycles. The van der Waals surface area contributed by atoms with Crippen LogP contribution in [0.4, 0.5) is 0 Å². The molecule has 1 unspecified atom stereocenters. The van der Waals surface area contributed by atoms with Gasteiger partial charge in [-0.25, -0.2) is 0 Å². The monoisotopic (exact) mass is 214 g/mol. The first kappa shape index (κ1) is 12.9. The summed E-state index contributed by atoms with van der Waals surface area (Å²) in [5.41, 5.74) is 6.01. The largest absolute Gasteiger partial charge is 0.395 e. The lowest BCUT2D eigenvalue weighted by Crippen LogP contribution is -2.42. The summed E-state index contributed by atoms with van der Waals surface area (Å²) in [5, 5.41) is 12.2. The highest BCUT2D eigenvalue weighted by Gasteiger charge is 2.31. The van der Waals surface area contributed by atoms with Gasteiger partial charge in [-0.15, -0.1) is 0 Å². The van der Waals surface area contributed by atoms with Crippen molar-refractivity contribution in [3.8, 4) is 0 Å². The molecule has 1 atom stereocenters. The Bertz CT molecular complexity index is 176. The van der Waals surface area contributed by atoms with E-state index in [4.69, 9.17) is 10.8 Å². The number of aliphatic hydroxyl groups is 1. The number of nitrogens with two attached hydrogens (primary N) is 1. The molecule has 1 fully saturated rings. The van der Waals surface area contributed by atoms with Gasteiger partial charge >= 0.3 is 0 Å². The summed E-state index contributed by atoms with van der Waals surface area (Å²) in [7, 11) is 0. The Morgan fingerprint density at radius 3 is 2.53 bits per heavy atom. The molecule has 90 valence electrons. The van der Waals surface area contributed by atoms with Crippen molar-refractivity contribution in [3.63, 3.8) is 0 Å². The van der Waals surface area contributed by atoms with Crippen LogP contribution < -0.4 is 11.1 Å². The van der Waals surface area contributed by atoms with Crippen molar-refractivity contribution in [2.24, 2.45) is 17.1 Å². The lowest BCUT2D eigenvalue weighted by molar-refractivity contribution is 0.201.